The van der Waals surface area contributed by atoms with Gasteiger partial charge in [-0.15, -0.1) is 0 Å². The number of thioether (sulfide) groups is 1. The molecule has 1 aliphatic heterocycles. The number of anilines is 1. The van der Waals surface area contributed by atoms with Crippen molar-refractivity contribution in [3.63, 3.8) is 0 Å². The SMILES string of the molecule is Nc1cc(C(F)(F)F)ccc1C(=O)C1CCSCC1. The zero-order valence-corrected chi connectivity index (χ0v) is 11.0. The van der Waals surface area contributed by atoms with Crippen LogP contribution in [0, 0.1) is 5.92 Å². The average Bonchev–Trinajstić information content (AvgIpc) is 2.38. The summed E-state index contributed by atoms with van der Waals surface area (Å²) in [4.78, 5) is 12.2. The van der Waals surface area contributed by atoms with Crippen molar-refractivity contribution in [2.75, 3.05) is 17.2 Å². The van der Waals surface area contributed by atoms with Gasteiger partial charge in [0, 0.05) is 17.2 Å². The van der Waals surface area contributed by atoms with Gasteiger partial charge in [-0.05, 0) is 42.5 Å². The Morgan fingerprint density at radius 3 is 2.42 bits per heavy atom. The summed E-state index contributed by atoms with van der Waals surface area (Å²) >= 11 is 1.79. The van der Waals surface area contributed by atoms with Crippen LogP contribution in [0.5, 0.6) is 0 Å². The quantitative estimate of drug-likeness (QED) is 0.668. The number of nitrogens with two attached hydrogens (primary N) is 1. The van der Waals surface area contributed by atoms with Crippen molar-refractivity contribution in [1.29, 1.82) is 0 Å². The summed E-state index contributed by atoms with van der Waals surface area (Å²) in [5.74, 6) is 1.58. The zero-order valence-electron chi connectivity index (χ0n) is 10.2. The van der Waals surface area contributed by atoms with Gasteiger partial charge in [-0.1, -0.05) is 0 Å². The maximum atomic E-state index is 12.5. The Kier molecular flexibility index (Phi) is 4.08. The number of benzene rings is 1. The lowest BCUT2D eigenvalue weighted by Crippen LogP contribution is -2.21. The maximum absolute atomic E-state index is 12.5. The van der Waals surface area contributed by atoms with Crippen molar-refractivity contribution in [3.8, 4) is 0 Å². The lowest BCUT2D eigenvalue weighted by Gasteiger charge is -2.21. The van der Waals surface area contributed by atoms with Gasteiger partial charge in [0.05, 0.1) is 5.56 Å². The molecule has 1 saturated heterocycles. The van der Waals surface area contributed by atoms with E-state index in [1.54, 1.807) is 11.8 Å². The lowest BCUT2D eigenvalue weighted by atomic mass is 9.91. The number of alkyl halides is 3. The predicted molar refractivity (Wildman–Crippen MR) is 70.2 cm³/mol. The standard InChI is InChI=1S/C13H14F3NOS/c14-13(15,16)9-1-2-10(11(17)7-9)12(18)8-3-5-19-6-4-8/h1-2,7-8H,3-6,17H2. The smallest absolute Gasteiger partial charge is 0.398 e. The zero-order chi connectivity index (χ0) is 14.0. The van der Waals surface area contributed by atoms with Crippen LogP contribution < -0.4 is 5.73 Å². The molecule has 0 aliphatic carbocycles. The first-order valence-corrected chi connectivity index (χ1v) is 7.14. The third-order valence-electron chi connectivity index (χ3n) is 3.24. The molecule has 2 nitrogen and oxygen atoms in total. The normalized spacial score (nSPS) is 17.4. The molecule has 1 fully saturated rings. The highest BCUT2D eigenvalue weighted by Gasteiger charge is 2.32. The minimum Gasteiger partial charge on any atom is -0.398 e. The number of rotatable bonds is 2. The second-order valence-corrected chi connectivity index (χ2v) is 5.78. The molecule has 6 heteroatoms. The summed E-state index contributed by atoms with van der Waals surface area (Å²) in [5, 5.41) is 0. The highest BCUT2D eigenvalue weighted by atomic mass is 32.2. The molecule has 2 rings (SSSR count). The molecule has 0 amide bonds. The molecule has 0 spiro atoms. The fourth-order valence-corrected chi connectivity index (χ4v) is 3.25. The van der Waals surface area contributed by atoms with Gasteiger partial charge >= 0.3 is 6.18 Å². The van der Waals surface area contributed by atoms with Crippen LogP contribution in [0.25, 0.3) is 0 Å². The molecule has 0 aromatic heterocycles. The van der Waals surface area contributed by atoms with Crippen LogP contribution in [0.15, 0.2) is 18.2 Å². The Labute approximate surface area is 113 Å². The molecule has 1 aromatic carbocycles. The van der Waals surface area contributed by atoms with E-state index < -0.39 is 11.7 Å². The summed E-state index contributed by atoms with van der Waals surface area (Å²) in [6, 6.07) is 2.95. The summed E-state index contributed by atoms with van der Waals surface area (Å²) in [6.45, 7) is 0. The third kappa shape index (κ3) is 3.23. The predicted octanol–water partition coefficient (Wildman–Crippen LogP) is 3.61. The first-order valence-electron chi connectivity index (χ1n) is 5.98. The van der Waals surface area contributed by atoms with Gasteiger partial charge in [-0.3, -0.25) is 4.79 Å². The molecular formula is C13H14F3NOS. The number of carbonyl (C=O) groups is 1. The molecule has 0 unspecified atom stereocenters. The Balaban J connectivity index is 2.23. The molecule has 19 heavy (non-hydrogen) atoms. The molecule has 2 N–H and O–H groups in total. The Hall–Kier alpha value is -1.17. The van der Waals surface area contributed by atoms with Gasteiger partial charge in [0.1, 0.15) is 0 Å². The van der Waals surface area contributed by atoms with Crippen molar-refractivity contribution in [1.82, 2.24) is 0 Å². The first-order chi connectivity index (χ1) is 8.89. The number of nitrogen functional groups attached to an aromatic ring is 1. The van der Waals surface area contributed by atoms with E-state index in [9.17, 15) is 18.0 Å². The van der Waals surface area contributed by atoms with Gasteiger partial charge in [0.2, 0.25) is 0 Å². The van der Waals surface area contributed by atoms with Crippen molar-refractivity contribution >= 4 is 23.2 Å². The summed E-state index contributed by atoms with van der Waals surface area (Å²) in [5.41, 5.74) is 4.91. The number of Topliss-reactive ketones (excluding diaryl/α,β-unsaturated/α-hetero) is 1. The number of halogens is 3. The summed E-state index contributed by atoms with van der Waals surface area (Å²) in [6.07, 6.45) is -2.90. The summed E-state index contributed by atoms with van der Waals surface area (Å²) in [7, 11) is 0. The molecule has 104 valence electrons. The van der Waals surface area contributed by atoms with Crippen LogP contribution in [-0.4, -0.2) is 17.3 Å². The van der Waals surface area contributed by atoms with Crippen LogP contribution in [-0.2, 0) is 6.18 Å². The van der Waals surface area contributed by atoms with Crippen LogP contribution in [0.1, 0.15) is 28.8 Å². The van der Waals surface area contributed by atoms with Crippen molar-refractivity contribution in [2.45, 2.75) is 19.0 Å². The van der Waals surface area contributed by atoms with Crippen LogP contribution >= 0.6 is 11.8 Å². The highest BCUT2D eigenvalue weighted by molar-refractivity contribution is 7.99. The minimum atomic E-state index is -4.43. The van der Waals surface area contributed by atoms with E-state index in [4.69, 9.17) is 5.73 Å². The highest BCUT2D eigenvalue weighted by Crippen LogP contribution is 2.33. The molecular weight excluding hydrogens is 275 g/mol. The van der Waals surface area contributed by atoms with Crippen molar-refractivity contribution in [3.05, 3.63) is 29.3 Å². The van der Waals surface area contributed by atoms with E-state index in [0.717, 1.165) is 36.5 Å². The number of hydrogen-bond donors (Lipinski definition) is 1. The van der Waals surface area contributed by atoms with E-state index in [0.29, 0.717) is 0 Å². The number of hydrogen-bond acceptors (Lipinski definition) is 3. The van der Waals surface area contributed by atoms with Gasteiger partial charge in [0.15, 0.2) is 5.78 Å². The topological polar surface area (TPSA) is 43.1 Å². The Morgan fingerprint density at radius 2 is 1.89 bits per heavy atom. The van der Waals surface area contributed by atoms with Crippen LogP contribution in [0.2, 0.25) is 0 Å². The van der Waals surface area contributed by atoms with Crippen LogP contribution in [0.3, 0.4) is 0 Å². The lowest BCUT2D eigenvalue weighted by molar-refractivity contribution is -0.137. The molecule has 1 aromatic rings. The fourth-order valence-electron chi connectivity index (χ4n) is 2.14. The third-order valence-corrected chi connectivity index (χ3v) is 4.29. The average molecular weight is 289 g/mol. The first kappa shape index (κ1) is 14.2. The molecule has 0 bridgehead atoms. The van der Waals surface area contributed by atoms with Crippen molar-refractivity contribution in [2.24, 2.45) is 5.92 Å². The van der Waals surface area contributed by atoms with Crippen molar-refractivity contribution < 1.29 is 18.0 Å². The largest absolute Gasteiger partial charge is 0.416 e. The number of ketones is 1. The van der Waals surface area contributed by atoms with Gasteiger partial charge in [0.25, 0.3) is 0 Å². The second kappa shape index (κ2) is 5.45. The van der Waals surface area contributed by atoms with E-state index in [1.165, 1.54) is 6.07 Å². The molecule has 0 saturated carbocycles. The number of carbonyl (C=O) groups excluding carboxylic acids is 1. The van der Waals surface area contributed by atoms with Gasteiger partial charge in [-0.25, -0.2) is 0 Å². The van der Waals surface area contributed by atoms with Gasteiger partial charge in [-0.2, -0.15) is 24.9 Å². The molecule has 0 radical (unpaired) electrons. The molecule has 1 heterocycles. The van der Waals surface area contributed by atoms with E-state index in [2.05, 4.69) is 0 Å². The minimum absolute atomic E-state index is 0.0851. The van der Waals surface area contributed by atoms with Gasteiger partial charge < -0.3 is 5.73 Å². The fraction of sp³-hybridized carbons (Fsp3) is 0.462. The molecule has 1 aliphatic rings. The van der Waals surface area contributed by atoms with Crippen LogP contribution in [0.4, 0.5) is 18.9 Å². The molecule has 0 atom stereocenters. The maximum Gasteiger partial charge on any atom is 0.416 e. The van der Waals surface area contributed by atoms with E-state index in [1.807, 2.05) is 0 Å². The monoisotopic (exact) mass is 289 g/mol. The van der Waals surface area contributed by atoms with E-state index in [-0.39, 0.29) is 23.0 Å². The second-order valence-electron chi connectivity index (χ2n) is 4.55. The Bertz CT molecular complexity index is 481. The Morgan fingerprint density at radius 1 is 1.26 bits per heavy atom. The summed E-state index contributed by atoms with van der Waals surface area (Å²) < 4.78 is 37.5. The van der Waals surface area contributed by atoms with E-state index >= 15 is 0 Å².